The van der Waals surface area contributed by atoms with E-state index in [9.17, 15) is 14.7 Å². The highest BCUT2D eigenvalue weighted by atomic mass is 16.4. The number of allylic oxidation sites excluding steroid dienone is 1. The molecule has 0 aromatic carbocycles. The van der Waals surface area contributed by atoms with Gasteiger partial charge in [0.15, 0.2) is 0 Å². The van der Waals surface area contributed by atoms with E-state index >= 15 is 0 Å². The molecule has 33 heavy (non-hydrogen) atoms. The van der Waals surface area contributed by atoms with Gasteiger partial charge >= 0.3 is 5.97 Å². The molecule has 184 valence electrons. The van der Waals surface area contributed by atoms with Crippen molar-refractivity contribution in [3.05, 3.63) is 12.2 Å². The lowest BCUT2D eigenvalue weighted by Crippen LogP contribution is -2.66. The van der Waals surface area contributed by atoms with Gasteiger partial charge in [-0.25, -0.2) is 0 Å². The fraction of sp³-hybridized carbons (Fsp3) is 0.867. The van der Waals surface area contributed by atoms with Gasteiger partial charge in [0.1, 0.15) is 5.78 Å². The van der Waals surface area contributed by atoms with Crippen LogP contribution in [0.15, 0.2) is 12.2 Å². The Hall–Kier alpha value is -1.12. The van der Waals surface area contributed by atoms with E-state index in [4.69, 9.17) is 0 Å². The third kappa shape index (κ3) is 2.69. The van der Waals surface area contributed by atoms with E-state index in [-0.39, 0.29) is 27.6 Å². The van der Waals surface area contributed by atoms with Crippen molar-refractivity contribution in [3.63, 3.8) is 0 Å². The first-order chi connectivity index (χ1) is 15.3. The monoisotopic (exact) mass is 454 g/mol. The Kier molecular flexibility index (Phi) is 4.99. The molecule has 0 aliphatic heterocycles. The van der Waals surface area contributed by atoms with Crippen LogP contribution in [0.25, 0.3) is 0 Å². The largest absolute Gasteiger partial charge is 0.481 e. The maximum Gasteiger partial charge on any atom is 0.309 e. The molecule has 9 atom stereocenters. The molecule has 0 heterocycles. The highest BCUT2D eigenvalue weighted by molar-refractivity contribution is 5.85. The van der Waals surface area contributed by atoms with Gasteiger partial charge in [-0.15, -0.1) is 0 Å². The van der Waals surface area contributed by atoms with Crippen molar-refractivity contribution in [1.82, 2.24) is 0 Å². The first-order valence-electron chi connectivity index (χ1n) is 13.7. The molecule has 3 nitrogen and oxygen atoms in total. The molecule has 0 amide bonds. The van der Waals surface area contributed by atoms with Gasteiger partial charge in [-0.2, -0.15) is 0 Å². The molecule has 5 fully saturated rings. The minimum absolute atomic E-state index is 0.164. The summed E-state index contributed by atoms with van der Waals surface area (Å²) in [7, 11) is 0. The molecule has 3 heteroatoms. The van der Waals surface area contributed by atoms with Gasteiger partial charge in [-0.3, -0.25) is 9.59 Å². The second kappa shape index (κ2) is 6.97. The number of carbonyl (C=O) groups is 2. The van der Waals surface area contributed by atoms with E-state index in [1.807, 2.05) is 0 Å². The highest BCUT2D eigenvalue weighted by Crippen LogP contribution is 2.77. The smallest absolute Gasteiger partial charge is 0.309 e. The summed E-state index contributed by atoms with van der Waals surface area (Å²) in [6.45, 7) is 18.5. The maximum atomic E-state index is 12.9. The first kappa shape index (κ1) is 23.6. The third-order valence-corrected chi connectivity index (χ3v) is 13.2. The van der Waals surface area contributed by atoms with E-state index in [1.54, 1.807) is 0 Å². The van der Waals surface area contributed by atoms with Crippen LogP contribution in [0.4, 0.5) is 0 Å². The summed E-state index contributed by atoms with van der Waals surface area (Å²) in [5.74, 6) is 2.07. The number of hydrogen-bond acceptors (Lipinski definition) is 2. The number of carboxylic acid groups (broad SMARTS) is 1. The van der Waals surface area contributed by atoms with Crippen molar-refractivity contribution in [2.75, 3.05) is 0 Å². The second-order valence-corrected chi connectivity index (χ2v) is 14.3. The summed E-state index contributed by atoms with van der Waals surface area (Å²) in [4.78, 5) is 25.7. The Morgan fingerprint density at radius 2 is 1.58 bits per heavy atom. The van der Waals surface area contributed by atoms with E-state index in [1.165, 1.54) is 18.4 Å². The normalized spacial score (nSPS) is 52.8. The molecule has 5 saturated carbocycles. The molecule has 0 aromatic heterocycles. The van der Waals surface area contributed by atoms with E-state index in [0.717, 1.165) is 51.4 Å². The lowest BCUT2D eigenvalue weighted by atomic mass is 9.32. The predicted molar refractivity (Wildman–Crippen MR) is 132 cm³/mol. The molecular weight excluding hydrogens is 408 g/mol. The van der Waals surface area contributed by atoms with Gasteiger partial charge in [0.05, 0.1) is 5.41 Å². The summed E-state index contributed by atoms with van der Waals surface area (Å²) in [6, 6.07) is 0. The molecule has 5 aliphatic carbocycles. The highest BCUT2D eigenvalue weighted by Gasteiger charge is 2.72. The van der Waals surface area contributed by atoms with Crippen LogP contribution < -0.4 is 0 Å². The number of rotatable bonds is 2. The molecule has 0 radical (unpaired) electrons. The molecule has 0 aromatic rings. The SMILES string of the molecule is C=C(C)[C@@H]1CC[C@]2(C(=O)O)CC[C@]3(C)C(CCC4[C@@]5(C)CCC(=O)C(C)(C)C5CC[C@]43C)C12. The quantitative estimate of drug-likeness (QED) is 0.445. The third-order valence-electron chi connectivity index (χ3n) is 13.2. The van der Waals surface area contributed by atoms with Crippen LogP contribution >= 0.6 is 0 Å². The van der Waals surface area contributed by atoms with Crippen LogP contribution in [0.5, 0.6) is 0 Å². The zero-order valence-electron chi connectivity index (χ0n) is 21.9. The fourth-order valence-electron chi connectivity index (χ4n) is 11.3. The maximum absolute atomic E-state index is 12.9. The van der Waals surface area contributed by atoms with E-state index in [2.05, 4.69) is 48.1 Å². The second-order valence-electron chi connectivity index (χ2n) is 14.3. The van der Waals surface area contributed by atoms with Crippen LogP contribution in [0.3, 0.4) is 0 Å². The van der Waals surface area contributed by atoms with Crippen LogP contribution in [-0.4, -0.2) is 16.9 Å². The van der Waals surface area contributed by atoms with Gasteiger partial charge in [-0.05, 0) is 111 Å². The lowest BCUT2D eigenvalue weighted by molar-refractivity contribution is -0.235. The average molecular weight is 455 g/mol. The number of carboxylic acids is 1. The topological polar surface area (TPSA) is 54.4 Å². The molecular formula is C30H46O3. The molecule has 5 rings (SSSR count). The van der Waals surface area contributed by atoms with E-state index in [0.29, 0.717) is 29.5 Å². The van der Waals surface area contributed by atoms with Crippen LogP contribution in [0.2, 0.25) is 0 Å². The molecule has 1 N–H and O–H groups in total. The number of aliphatic carboxylic acids is 1. The van der Waals surface area contributed by atoms with Gasteiger partial charge in [0.2, 0.25) is 0 Å². The predicted octanol–water partition coefficient (Wildman–Crippen LogP) is 7.30. The summed E-state index contributed by atoms with van der Waals surface area (Å²) in [5.41, 5.74) is 1.03. The first-order valence-corrected chi connectivity index (χ1v) is 13.7. The van der Waals surface area contributed by atoms with Crippen LogP contribution in [0, 0.1) is 56.7 Å². The van der Waals surface area contributed by atoms with Crippen molar-refractivity contribution < 1.29 is 14.7 Å². The van der Waals surface area contributed by atoms with E-state index < -0.39 is 11.4 Å². The standard InChI is InChI=1S/C30H46O3/c1-18(2)19-10-15-30(25(32)33)17-16-28(6)20(24(19)30)8-9-22-27(5)13-12-23(31)26(3,4)21(27)11-14-29(22,28)7/h19-22,24H,1,8-17H2,2-7H3,(H,32,33)/t19-,20?,21?,22?,24?,27-,28+,29+,30-/m0/s1. The Balaban J connectivity index is 1.57. The number of Topliss-reactive ketones (excluding diaryl/α,β-unsaturated/α-hetero) is 1. The van der Waals surface area contributed by atoms with Crippen LogP contribution in [-0.2, 0) is 9.59 Å². The minimum atomic E-state index is -0.547. The Bertz CT molecular complexity index is 902. The van der Waals surface area contributed by atoms with Crippen LogP contribution in [0.1, 0.15) is 106 Å². The Morgan fingerprint density at radius 1 is 0.879 bits per heavy atom. The Labute approximate surface area is 201 Å². The molecule has 4 unspecified atom stereocenters. The van der Waals surface area contributed by atoms with Crippen molar-refractivity contribution >= 4 is 11.8 Å². The van der Waals surface area contributed by atoms with Gasteiger partial charge in [-0.1, -0.05) is 46.8 Å². The summed E-state index contributed by atoms with van der Waals surface area (Å²) in [5, 5.41) is 10.5. The molecule has 5 aliphatic rings. The number of hydrogen-bond donors (Lipinski definition) is 1. The van der Waals surface area contributed by atoms with Crippen molar-refractivity contribution in [3.8, 4) is 0 Å². The van der Waals surface area contributed by atoms with Crippen molar-refractivity contribution in [1.29, 1.82) is 0 Å². The van der Waals surface area contributed by atoms with Gasteiger partial charge in [0, 0.05) is 11.8 Å². The summed E-state index contributed by atoms with van der Waals surface area (Å²) < 4.78 is 0. The average Bonchev–Trinajstić information content (AvgIpc) is 3.13. The van der Waals surface area contributed by atoms with Crippen molar-refractivity contribution in [2.45, 2.75) is 106 Å². The lowest BCUT2D eigenvalue weighted by Gasteiger charge is -2.72. The molecule has 0 spiro atoms. The van der Waals surface area contributed by atoms with Gasteiger partial charge in [0.25, 0.3) is 0 Å². The van der Waals surface area contributed by atoms with Crippen molar-refractivity contribution in [2.24, 2.45) is 56.7 Å². The summed E-state index contributed by atoms with van der Waals surface area (Å²) >= 11 is 0. The molecule has 0 bridgehead atoms. The number of fused-ring (bicyclic) bond motifs is 7. The molecule has 0 saturated heterocycles. The minimum Gasteiger partial charge on any atom is -0.481 e. The Morgan fingerprint density at radius 3 is 2.21 bits per heavy atom. The fourth-order valence-corrected chi connectivity index (χ4v) is 11.3. The van der Waals surface area contributed by atoms with Gasteiger partial charge < -0.3 is 5.11 Å². The number of carbonyl (C=O) groups excluding carboxylic acids is 1. The zero-order chi connectivity index (χ0) is 24.2. The summed E-state index contributed by atoms with van der Waals surface area (Å²) in [6.07, 6.45) is 10.1. The zero-order valence-corrected chi connectivity index (χ0v) is 21.9. The number of ketones is 1.